The van der Waals surface area contributed by atoms with Gasteiger partial charge in [-0.1, -0.05) is 24.3 Å². The maximum absolute atomic E-state index is 12.9. The van der Waals surface area contributed by atoms with E-state index in [1.807, 2.05) is 0 Å². The average molecular weight is 216 g/mol. The molecule has 0 radical (unpaired) electrons. The highest BCUT2D eigenvalue weighted by Gasteiger charge is 2.33. The highest BCUT2D eigenvalue weighted by molar-refractivity contribution is 6.27. The van der Waals surface area contributed by atoms with E-state index in [0.29, 0.717) is 5.56 Å². The van der Waals surface area contributed by atoms with Gasteiger partial charge < -0.3 is 4.42 Å². The molecule has 2 aromatic rings. The lowest BCUT2D eigenvalue weighted by atomic mass is 9.89. The summed E-state index contributed by atoms with van der Waals surface area (Å²) in [5.41, 5.74) is 0.552. The summed E-state index contributed by atoms with van der Waals surface area (Å²) in [5, 5.41) is 0. The monoisotopic (exact) mass is 216 g/mol. The summed E-state index contributed by atoms with van der Waals surface area (Å²) in [7, 11) is 0. The van der Waals surface area contributed by atoms with Crippen molar-refractivity contribution in [1.29, 1.82) is 0 Å². The van der Waals surface area contributed by atoms with Crippen molar-refractivity contribution >= 4 is 11.6 Å². The van der Waals surface area contributed by atoms with Crippen LogP contribution in [0.15, 0.2) is 34.7 Å². The van der Waals surface area contributed by atoms with Gasteiger partial charge in [0.15, 0.2) is 11.5 Å². The molecule has 0 aliphatic heterocycles. The van der Waals surface area contributed by atoms with Crippen molar-refractivity contribution in [1.82, 2.24) is 0 Å². The summed E-state index contributed by atoms with van der Waals surface area (Å²) >= 11 is 0. The molecular formula is C12H5FO3. The lowest BCUT2D eigenvalue weighted by molar-refractivity contribution is 0.0955. The molecule has 1 aliphatic carbocycles. The molecule has 0 spiro atoms. The third-order valence-corrected chi connectivity index (χ3v) is 2.57. The number of halogens is 1. The topological polar surface area (TPSA) is 47.3 Å². The molecule has 3 nitrogen and oxygen atoms in total. The number of benzene rings is 1. The largest absolute Gasteiger partial charge is 0.427 e. The molecule has 4 heteroatoms. The van der Waals surface area contributed by atoms with Gasteiger partial charge in [-0.25, -0.2) is 0 Å². The number of hydrogen-bond acceptors (Lipinski definition) is 3. The molecule has 1 aliphatic rings. The SMILES string of the molecule is O=C1c2ccccc2C(=O)c2oc(F)cc21. The molecule has 1 heterocycles. The highest BCUT2D eigenvalue weighted by Crippen LogP contribution is 2.28. The fourth-order valence-electron chi connectivity index (χ4n) is 1.84. The second kappa shape index (κ2) is 2.88. The highest BCUT2D eigenvalue weighted by atomic mass is 19.1. The first-order chi connectivity index (χ1) is 7.68. The Morgan fingerprint density at radius 1 is 0.938 bits per heavy atom. The maximum atomic E-state index is 12.9. The number of ketones is 2. The molecule has 1 aromatic carbocycles. The van der Waals surface area contributed by atoms with Crippen LogP contribution in [0.25, 0.3) is 0 Å². The zero-order valence-corrected chi connectivity index (χ0v) is 7.99. The van der Waals surface area contributed by atoms with Crippen molar-refractivity contribution in [2.75, 3.05) is 0 Å². The number of carbonyl (C=O) groups excluding carboxylic acids is 2. The van der Waals surface area contributed by atoms with Crippen LogP contribution in [0.4, 0.5) is 4.39 Å². The second-order valence-corrected chi connectivity index (χ2v) is 3.50. The van der Waals surface area contributed by atoms with Gasteiger partial charge in [0.1, 0.15) is 0 Å². The summed E-state index contributed by atoms with van der Waals surface area (Å²) in [6, 6.07) is 6.41. The van der Waals surface area contributed by atoms with Crippen molar-refractivity contribution in [2.24, 2.45) is 0 Å². The smallest absolute Gasteiger partial charge is 0.279 e. The van der Waals surface area contributed by atoms with Gasteiger partial charge >= 0.3 is 0 Å². The van der Waals surface area contributed by atoms with E-state index in [0.717, 1.165) is 6.07 Å². The van der Waals surface area contributed by atoms with Crippen LogP contribution in [-0.4, -0.2) is 11.6 Å². The Balaban J connectivity index is 2.34. The van der Waals surface area contributed by atoms with Crippen molar-refractivity contribution in [3.63, 3.8) is 0 Å². The van der Waals surface area contributed by atoms with E-state index in [-0.39, 0.29) is 22.7 Å². The molecule has 0 unspecified atom stereocenters. The van der Waals surface area contributed by atoms with Crippen LogP contribution in [-0.2, 0) is 0 Å². The van der Waals surface area contributed by atoms with Gasteiger partial charge in [0, 0.05) is 17.2 Å². The molecule has 1 aromatic heterocycles. The fraction of sp³-hybridized carbons (Fsp3) is 0. The Morgan fingerprint density at radius 2 is 1.56 bits per heavy atom. The first-order valence-corrected chi connectivity index (χ1v) is 4.66. The van der Waals surface area contributed by atoms with Crippen molar-refractivity contribution in [3.05, 3.63) is 58.8 Å². The molecule has 0 fully saturated rings. The molecule has 0 saturated heterocycles. The summed E-state index contributed by atoms with van der Waals surface area (Å²) in [6.07, 6.45) is 0. The number of rotatable bonds is 0. The Morgan fingerprint density at radius 3 is 2.25 bits per heavy atom. The molecule has 16 heavy (non-hydrogen) atoms. The van der Waals surface area contributed by atoms with Crippen LogP contribution in [0, 0.1) is 6.01 Å². The Kier molecular flexibility index (Phi) is 1.63. The number of carbonyl (C=O) groups is 2. The van der Waals surface area contributed by atoms with Crippen molar-refractivity contribution in [3.8, 4) is 0 Å². The summed E-state index contributed by atoms with van der Waals surface area (Å²) in [4.78, 5) is 23.7. The Labute approximate surface area is 89.5 Å². The van der Waals surface area contributed by atoms with E-state index >= 15 is 0 Å². The molecule has 3 rings (SSSR count). The lowest BCUT2D eigenvalue weighted by Crippen LogP contribution is -2.18. The summed E-state index contributed by atoms with van der Waals surface area (Å²) in [5.74, 6) is -1.03. The van der Waals surface area contributed by atoms with Crippen LogP contribution in [0.5, 0.6) is 0 Å². The van der Waals surface area contributed by atoms with Crippen LogP contribution in [0.1, 0.15) is 32.0 Å². The molecule has 0 amide bonds. The fourth-order valence-corrected chi connectivity index (χ4v) is 1.84. The van der Waals surface area contributed by atoms with Gasteiger partial charge in [0.05, 0.1) is 5.56 Å². The minimum atomic E-state index is -0.917. The predicted octanol–water partition coefficient (Wildman–Crippen LogP) is 2.19. The van der Waals surface area contributed by atoms with Crippen LogP contribution >= 0.6 is 0 Å². The number of fused-ring (bicyclic) bond motifs is 2. The summed E-state index contributed by atoms with van der Waals surface area (Å²) in [6.45, 7) is 0. The van der Waals surface area contributed by atoms with Gasteiger partial charge in [-0.3, -0.25) is 9.59 Å². The second-order valence-electron chi connectivity index (χ2n) is 3.50. The molecule has 78 valence electrons. The first kappa shape index (κ1) is 9.03. The van der Waals surface area contributed by atoms with E-state index in [1.165, 1.54) is 6.07 Å². The van der Waals surface area contributed by atoms with Gasteiger partial charge in [-0.2, -0.15) is 4.39 Å². The Hall–Kier alpha value is -2.23. The van der Waals surface area contributed by atoms with Gasteiger partial charge in [-0.05, 0) is 0 Å². The van der Waals surface area contributed by atoms with Gasteiger partial charge in [-0.15, -0.1) is 0 Å². The normalized spacial score (nSPS) is 13.6. The van der Waals surface area contributed by atoms with Crippen LogP contribution < -0.4 is 0 Å². The molecule has 0 atom stereocenters. The molecular weight excluding hydrogens is 211 g/mol. The van der Waals surface area contributed by atoms with E-state index < -0.39 is 11.8 Å². The average Bonchev–Trinajstić information content (AvgIpc) is 2.68. The number of furan rings is 1. The van der Waals surface area contributed by atoms with Crippen LogP contribution in [0.2, 0.25) is 0 Å². The molecule has 0 saturated carbocycles. The van der Waals surface area contributed by atoms with Crippen LogP contribution in [0.3, 0.4) is 0 Å². The molecule has 0 bridgehead atoms. The summed E-state index contributed by atoms with van der Waals surface area (Å²) < 4.78 is 17.5. The van der Waals surface area contributed by atoms with Crippen molar-refractivity contribution in [2.45, 2.75) is 0 Å². The van der Waals surface area contributed by atoms with Gasteiger partial charge in [0.2, 0.25) is 5.78 Å². The maximum Gasteiger partial charge on any atom is 0.279 e. The van der Waals surface area contributed by atoms with E-state index in [2.05, 4.69) is 4.42 Å². The van der Waals surface area contributed by atoms with E-state index in [9.17, 15) is 14.0 Å². The van der Waals surface area contributed by atoms with E-state index in [4.69, 9.17) is 0 Å². The number of hydrogen-bond donors (Lipinski definition) is 0. The van der Waals surface area contributed by atoms with Crippen molar-refractivity contribution < 1.29 is 18.4 Å². The lowest BCUT2D eigenvalue weighted by Gasteiger charge is -2.11. The van der Waals surface area contributed by atoms with Gasteiger partial charge in [0.25, 0.3) is 6.01 Å². The third-order valence-electron chi connectivity index (χ3n) is 2.57. The first-order valence-electron chi connectivity index (χ1n) is 4.66. The zero-order chi connectivity index (χ0) is 11.3. The standard InChI is InChI=1S/C12H5FO3/c13-9-5-8-10(14)6-3-1-2-4-7(6)11(15)12(8)16-9/h1-5H. The quantitative estimate of drug-likeness (QED) is 0.578. The minimum absolute atomic E-state index is 0.00111. The van der Waals surface area contributed by atoms with E-state index in [1.54, 1.807) is 18.2 Å². The minimum Gasteiger partial charge on any atom is -0.427 e. The Bertz CT molecular complexity index is 572. The zero-order valence-electron chi connectivity index (χ0n) is 7.99. The third kappa shape index (κ3) is 1.01. The predicted molar refractivity (Wildman–Crippen MR) is 52.0 cm³/mol. The molecule has 0 N–H and O–H groups in total.